The van der Waals surface area contributed by atoms with Crippen molar-refractivity contribution in [3.05, 3.63) is 12.4 Å². The van der Waals surface area contributed by atoms with E-state index in [1.807, 2.05) is 0 Å². The molecule has 0 N–H and O–H groups in total. The molecule has 0 radical (unpaired) electrons. The smallest absolute Gasteiger partial charge is 0.134 e. The Labute approximate surface area is 152 Å². The summed E-state index contributed by atoms with van der Waals surface area (Å²) in [6.07, 6.45) is 4.93. The van der Waals surface area contributed by atoms with Gasteiger partial charge in [0.05, 0.1) is 12.2 Å². The van der Waals surface area contributed by atoms with Crippen LogP contribution in [0.5, 0.6) is 0 Å². The molecular formula is C19H33N5O. The number of likely N-dealkylation sites (N-methyl/N-ethyl adjacent to an activating group) is 1. The molecule has 2 fully saturated rings. The molecule has 2 saturated heterocycles. The van der Waals surface area contributed by atoms with Crippen molar-refractivity contribution in [3.63, 3.8) is 0 Å². The maximum atomic E-state index is 5.82. The van der Waals surface area contributed by atoms with Crippen LogP contribution in [0.2, 0.25) is 0 Å². The third-order valence-corrected chi connectivity index (χ3v) is 5.26. The molecule has 140 valence electrons. The standard InChI is InChI=1S/C19H33N5O/c1-15-6-5-7-24(11-15)19-10-18(20-14-21-19)22(4)8-9-23-12-16(2)25-17(3)13-23/h10,14-17H,5-9,11-13H2,1-4H3/t15?,16-,17+. The Bertz CT molecular complexity index is 544. The molecular weight excluding hydrogens is 314 g/mol. The summed E-state index contributed by atoms with van der Waals surface area (Å²) >= 11 is 0. The van der Waals surface area contributed by atoms with E-state index in [0.717, 1.165) is 56.8 Å². The van der Waals surface area contributed by atoms with Gasteiger partial charge in [0.1, 0.15) is 18.0 Å². The molecule has 3 heterocycles. The van der Waals surface area contributed by atoms with Crippen LogP contribution in [0, 0.1) is 5.92 Å². The Hall–Kier alpha value is -1.40. The minimum atomic E-state index is 0.320. The third-order valence-electron chi connectivity index (χ3n) is 5.26. The van der Waals surface area contributed by atoms with E-state index in [1.165, 1.54) is 12.8 Å². The number of piperidine rings is 1. The second kappa shape index (κ2) is 8.32. The normalized spacial score (nSPS) is 28.2. The van der Waals surface area contributed by atoms with Crippen molar-refractivity contribution in [2.45, 2.75) is 45.8 Å². The van der Waals surface area contributed by atoms with Gasteiger partial charge in [-0.1, -0.05) is 6.92 Å². The summed E-state index contributed by atoms with van der Waals surface area (Å²) in [6.45, 7) is 12.9. The first-order valence-electron chi connectivity index (χ1n) is 9.67. The molecule has 25 heavy (non-hydrogen) atoms. The summed E-state index contributed by atoms with van der Waals surface area (Å²) in [6, 6.07) is 2.14. The van der Waals surface area contributed by atoms with Crippen LogP contribution < -0.4 is 9.80 Å². The Morgan fingerprint density at radius 1 is 1.16 bits per heavy atom. The fourth-order valence-electron chi connectivity index (χ4n) is 3.99. The van der Waals surface area contributed by atoms with Gasteiger partial charge in [0.2, 0.25) is 0 Å². The van der Waals surface area contributed by atoms with Gasteiger partial charge in [0.25, 0.3) is 0 Å². The quantitative estimate of drug-likeness (QED) is 0.814. The van der Waals surface area contributed by atoms with Crippen LogP contribution in [-0.2, 0) is 4.74 Å². The fourth-order valence-corrected chi connectivity index (χ4v) is 3.99. The average Bonchev–Trinajstić information content (AvgIpc) is 2.59. The number of ether oxygens (including phenoxy) is 1. The molecule has 1 aromatic heterocycles. The number of hydrogen-bond donors (Lipinski definition) is 0. The molecule has 0 aliphatic carbocycles. The largest absolute Gasteiger partial charge is 0.373 e. The maximum absolute atomic E-state index is 5.82. The highest BCUT2D eigenvalue weighted by atomic mass is 16.5. The van der Waals surface area contributed by atoms with Crippen molar-refractivity contribution < 1.29 is 4.74 Å². The number of rotatable bonds is 5. The minimum Gasteiger partial charge on any atom is -0.373 e. The highest BCUT2D eigenvalue weighted by Crippen LogP contribution is 2.23. The second-order valence-electron chi connectivity index (χ2n) is 7.87. The monoisotopic (exact) mass is 347 g/mol. The maximum Gasteiger partial charge on any atom is 0.134 e. The molecule has 6 heteroatoms. The van der Waals surface area contributed by atoms with E-state index in [1.54, 1.807) is 6.33 Å². The van der Waals surface area contributed by atoms with Gasteiger partial charge in [0, 0.05) is 52.4 Å². The number of morpholine rings is 1. The minimum absolute atomic E-state index is 0.320. The molecule has 3 rings (SSSR count). The molecule has 0 bridgehead atoms. The van der Waals surface area contributed by atoms with E-state index in [0.29, 0.717) is 12.2 Å². The van der Waals surface area contributed by atoms with Crippen LogP contribution in [-0.4, -0.2) is 73.4 Å². The second-order valence-corrected chi connectivity index (χ2v) is 7.87. The van der Waals surface area contributed by atoms with Crippen molar-refractivity contribution >= 4 is 11.6 Å². The molecule has 0 spiro atoms. The van der Waals surface area contributed by atoms with E-state index in [2.05, 4.69) is 58.6 Å². The zero-order chi connectivity index (χ0) is 17.8. The summed E-state index contributed by atoms with van der Waals surface area (Å²) in [5, 5.41) is 0. The highest BCUT2D eigenvalue weighted by Gasteiger charge is 2.22. The van der Waals surface area contributed by atoms with Gasteiger partial charge in [-0.3, -0.25) is 4.90 Å². The predicted molar refractivity (Wildman–Crippen MR) is 102 cm³/mol. The summed E-state index contributed by atoms with van der Waals surface area (Å²) < 4.78 is 5.82. The van der Waals surface area contributed by atoms with E-state index in [4.69, 9.17) is 4.74 Å². The van der Waals surface area contributed by atoms with Crippen LogP contribution in [0.15, 0.2) is 12.4 Å². The number of hydrogen-bond acceptors (Lipinski definition) is 6. The van der Waals surface area contributed by atoms with Crippen molar-refractivity contribution in [1.29, 1.82) is 0 Å². The van der Waals surface area contributed by atoms with E-state index in [9.17, 15) is 0 Å². The summed E-state index contributed by atoms with van der Waals surface area (Å²) in [5.41, 5.74) is 0. The lowest BCUT2D eigenvalue weighted by Crippen LogP contribution is -2.47. The lowest BCUT2D eigenvalue weighted by Gasteiger charge is -2.36. The summed E-state index contributed by atoms with van der Waals surface area (Å²) in [7, 11) is 2.12. The van der Waals surface area contributed by atoms with E-state index in [-0.39, 0.29) is 0 Å². The number of aromatic nitrogens is 2. The Morgan fingerprint density at radius 3 is 2.64 bits per heavy atom. The summed E-state index contributed by atoms with van der Waals surface area (Å²) in [5.74, 6) is 2.82. The van der Waals surface area contributed by atoms with Gasteiger partial charge in [-0.05, 0) is 32.6 Å². The predicted octanol–water partition coefficient (Wildman–Crippen LogP) is 2.26. The molecule has 6 nitrogen and oxygen atoms in total. The fraction of sp³-hybridized carbons (Fsp3) is 0.789. The van der Waals surface area contributed by atoms with Crippen LogP contribution in [0.1, 0.15) is 33.6 Å². The third kappa shape index (κ3) is 5.05. The average molecular weight is 348 g/mol. The first kappa shape index (κ1) is 18.4. The SMILES string of the molecule is CC1CCCN(c2cc(N(C)CCN3C[C@@H](C)O[C@@H](C)C3)ncn2)C1. The lowest BCUT2D eigenvalue weighted by molar-refractivity contribution is -0.0670. The van der Waals surface area contributed by atoms with Gasteiger partial charge in [-0.2, -0.15) is 0 Å². The molecule has 1 aromatic rings. The van der Waals surface area contributed by atoms with E-state index >= 15 is 0 Å². The zero-order valence-corrected chi connectivity index (χ0v) is 16.2. The van der Waals surface area contributed by atoms with Gasteiger partial charge in [-0.15, -0.1) is 0 Å². The summed E-state index contributed by atoms with van der Waals surface area (Å²) in [4.78, 5) is 16.1. The Balaban J connectivity index is 1.56. The van der Waals surface area contributed by atoms with Crippen molar-refractivity contribution in [1.82, 2.24) is 14.9 Å². The van der Waals surface area contributed by atoms with Gasteiger partial charge in [-0.25, -0.2) is 9.97 Å². The van der Waals surface area contributed by atoms with Gasteiger partial charge >= 0.3 is 0 Å². The van der Waals surface area contributed by atoms with E-state index < -0.39 is 0 Å². The van der Waals surface area contributed by atoms with Crippen molar-refractivity contribution in [3.8, 4) is 0 Å². The number of anilines is 2. The number of nitrogens with zero attached hydrogens (tertiary/aromatic N) is 5. The first-order chi connectivity index (χ1) is 12.0. The highest BCUT2D eigenvalue weighted by molar-refractivity contribution is 5.50. The zero-order valence-electron chi connectivity index (χ0n) is 16.2. The molecule has 0 saturated carbocycles. The van der Waals surface area contributed by atoms with Gasteiger partial charge < -0.3 is 14.5 Å². The Kier molecular flexibility index (Phi) is 6.12. The molecule has 0 amide bonds. The Morgan fingerprint density at radius 2 is 1.92 bits per heavy atom. The first-order valence-corrected chi connectivity index (χ1v) is 9.67. The molecule has 3 atom stereocenters. The van der Waals surface area contributed by atoms with Crippen LogP contribution in [0.25, 0.3) is 0 Å². The van der Waals surface area contributed by atoms with Crippen LogP contribution in [0.3, 0.4) is 0 Å². The molecule has 0 aromatic carbocycles. The topological polar surface area (TPSA) is 44.7 Å². The van der Waals surface area contributed by atoms with Gasteiger partial charge in [0.15, 0.2) is 0 Å². The lowest BCUT2D eigenvalue weighted by atomic mass is 10.0. The molecule has 2 aliphatic heterocycles. The molecule has 1 unspecified atom stereocenters. The van der Waals surface area contributed by atoms with Crippen LogP contribution >= 0.6 is 0 Å². The van der Waals surface area contributed by atoms with Crippen LogP contribution in [0.4, 0.5) is 11.6 Å². The molecule has 2 aliphatic rings. The van der Waals surface area contributed by atoms with Crippen molar-refractivity contribution in [2.24, 2.45) is 5.92 Å². The van der Waals surface area contributed by atoms with Crippen molar-refractivity contribution in [2.75, 3.05) is 56.1 Å².